The number of nitrogens with zero attached hydrogens (tertiary/aromatic N) is 3. The Labute approximate surface area is 187 Å². The number of anilines is 1. The summed E-state index contributed by atoms with van der Waals surface area (Å²) in [4.78, 5) is 27.0. The van der Waals surface area contributed by atoms with Crippen molar-refractivity contribution in [3.8, 4) is 0 Å². The maximum Gasteiger partial charge on any atom is 0.270 e. The number of aromatic nitrogens is 1. The summed E-state index contributed by atoms with van der Waals surface area (Å²) in [5.41, 5.74) is 0.736. The van der Waals surface area contributed by atoms with Crippen molar-refractivity contribution in [3.05, 3.63) is 48.0 Å². The summed E-state index contributed by atoms with van der Waals surface area (Å²) >= 11 is 0. The third-order valence-electron chi connectivity index (χ3n) is 6.15. The fourth-order valence-corrected chi connectivity index (χ4v) is 5.83. The molecule has 2 aromatic rings. The number of aryl methyl sites for hydroxylation is 1. The zero-order valence-electron chi connectivity index (χ0n) is 18.0. The van der Waals surface area contributed by atoms with Crippen LogP contribution in [0, 0.1) is 11.7 Å². The molecule has 0 unspecified atom stereocenters. The van der Waals surface area contributed by atoms with Crippen LogP contribution in [0.25, 0.3) is 0 Å². The van der Waals surface area contributed by atoms with Gasteiger partial charge in [0.1, 0.15) is 16.4 Å². The summed E-state index contributed by atoms with van der Waals surface area (Å²) in [7, 11) is -2.10. The van der Waals surface area contributed by atoms with E-state index in [9.17, 15) is 22.4 Å². The first-order valence-corrected chi connectivity index (χ1v) is 12.2. The first kappa shape index (κ1) is 22.5. The molecule has 2 fully saturated rings. The highest BCUT2D eigenvalue weighted by Crippen LogP contribution is 2.26. The van der Waals surface area contributed by atoms with Crippen molar-refractivity contribution in [2.24, 2.45) is 13.0 Å². The largest absolute Gasteiger partial charge is 0.345 e. The van der Waals surface area contributed by atoms with Crippen LogP contribution in [-0.2, 0) is 21.9 Å². The highest BCUT2D eigenvalue weighted by Gasteiger charge is 2.34. The highest BCUT2D eigenvalue weighted by atomic mass is 32.2. The molecule has 2 aliphatic heterocycles. The Morgan fingerprint density at radius 2 is 1.75 bits per heavy atom. The van der Waals surface area contributed by atoms with Crippen molar-refractivity contribution >= 4 is 27.5 Å². The number of sulfonamides is 1. The molecule has 4 rings (SSSR count). The minimum absolute atomic E-state index is 0.0882. The van der Waals surface area contributed by atoms with Crippen molar-refractivity contribution in [1.29, 1.82) is 0 Å². The zero-order valence-corrected chi connectivity index (χ0v) is 18.8. The normalized spacial score (nSPS) is 18.1. The van der Waals surface area contributed by atoms with Gasteiger partial charge in [-0.05, 0) is 49.9 Å². The fourth-order valence-electron chi connectivity index (χ4n) is 4.29. The summed E-state index contributed by atoms with van der Waals surface area (Å²) < 4.78 is 42.5. The number of carbonyl (C=O) groups is 2. The molecule has 3 heterocycles. The van der Waals surface area contributed by atoms with Crippen LogP contribution in [0.4, 0.5) is 10.1 Å². The second-order valence-corrected chi connectivity index (χ2v) is 10.3. The van der Waals surface area contributed by atoms with Crippen LogP contribution in [0.3, 0.4) is 0 Å². The SMILES string of the molecule is Cn1cc(S(=O)(=O)N2CCC(C(=O)Nc3cccc(F)c3)CC2)cc1C(=O)N1CCCC1. The van der Waals surface area contributed by atoms with Crippen LogP contribution in [0.15, 0.2) is 41.4 Å². The maximum atomic E-state index is 13.3. The lowest BCUT2D eigenvalue weighted by Gasteiger charge is -2.30. The number of hydrogen-bond donors (Lipinski definition) is 1. The minimum Gasteiger partial charge on any atom is -0.345 e. The Hall–Kier alpha value is -2.72. The first-order valence-electron chi connectivity index (χ1n) is 10.8. The molecule has 0 radical (unpaired) electrons. The molecule has 8 nitrogen and oxygen atoms in total. The van der Waals surface area contributed by atoms with Crippen molar-refractivity contribution < 1.29 is 22.4 Å². The van der Waals surface area contributed by atoms with Crippen molar-refractivity contribution in [2.75, 3.05) is 31.5 Å². The highest BCUT2D eigenvalue weighted by molar-refractivity contribution is 7.89. The quantitative estimate of drug-likeness (QED) is 0.739. The molecule has 0 bridgehead atoms. The number of amides is 2. The monoisotopic (exact) mass is 462 g/mol. The van der Waals surface area contributed by atoms with Gasteiger partial charge in [0.25, 0.3) is 5.91 Å². The van der Waals surface area contributed by atoms with Gasteiger partial charge in [0.2, 0.25) is 15.9 Å². The van der Waals surface area contributed by atoms with E-state index in [1.54, 1.807) is 22.6 Å². The van der Waals surface area contributed by atoms with E-state index < -0.39 is 15.8 Å². The van der Waals surface area contributed by atoms with E-state index in [1.807, 2.05) is 0 Å². The number of rotatable bonds is 5. The van der Waals surface area contributed by atoms with Gasteiger partial charge in [-0.15, -0.1) is 0 Å². The summed E-state index contributed by atoms with van der Waals surface area (Å²) in [6, 6.07) is 7.11. The van der Waals surface area contributed by atoms with Crippen molar-refractivity contribution in [3.63, 3.8) is 0 Å². The molecule has 0 aliphatic carbocycles. The molecule has 0 spiro atoms. The predicted octanol–water partition coefficient (Wildman–Crippen LogP) is 2.44. The van der Waals surface area contributed by atoms with Gasteiger partial charge in [-0.2, -0.15) is 4.31 Å². The van der Waals surface area contributed by atoms with E-state index >= 15 is 0 Å². The number of halogens is 1. The number of likely N-dealkylation sites (tertiary alicyclic amines) is 1. The third kappa shape index (κ3) is 4.56. The topological polar surface area (TPSA) is 91.7 Å². The first-order chi connectivity index (χ1) is 15.3. The second kappa shape index (κ2) is 9.03. The van der Waals surface area contributed by atoms with Gasteiger partial charge in [-0.1, -0.05) is 6.07 Å². The van der Waals surface area contributed by atoms with Gasteiger partial charge >= 0.3 is 0 Å². The molecular formula is C22H27FN4O4S. The van der Waals surface area contributed by atoms with E-state index in [4.69, 9.17) is 0 Å². The van der Waals surface area contributed by atoms with Crippen LogP contribution in [-0.4, -0.2) is 60.2 Å². The van der Waals surface area contributed by atoms with Crippen LogP contribution in [0.1, 0.15) is 36.2 Å². The van der Waals surface area contributed by atoms with Crippen LogP contribution < -0.4 is 5.32 Å². The Balaban J connectivity index is 1.40. The standard InChI is InChI=1S/C22H27FN4O4S/c1-25-15-19(14-20(25)22(29)26-9-2-3-10-26)32(30,31)27-11-7-16(8-12-27)21(28)24-18-6-4-5-17(23)13-18/h4-6,13-16H,2-3,7-12H2,1H3,(H,24,28). The van der Waals surface area contributed by atoms with E-state index in [1.165, 1.54) is 34.8 Å². The predicted molar refractivity (Wildman–Crippen MR) is 117 cm³/mol. The average Bonchev–Trinajstić information content (AvgIpc) is 3.44. The molecule has 172 valence electrons. The Morgan fingerprint density at radius 3 is 2.41 bits per heavy atom. The number of carbonyl (C=O) groups excluding carboxylic acids is 2. The summed E-state index contributed by atoms with van der Waals surface area (Å²) in [5, 5.41) is 2.70. The van der Waals surface area contributed by atoms with Gasteiger partial charge in [-0.3, -0.25) is 9.59 Å². The van der Waals surface area contributed by atoms with Crippen LogP contribution in [0.5, 0.6) is 0 Å². The minimum atomic E-state index is -3.77. The summed E-state index contributed by atoms with van der Waals surface area (Å²) in [5.74, 6) is -1.19. The lowest BCUT2D eigenvalue weighted by molar-refractivity contribution is -0.120. The number of benzene rings is 1. The Morgan fingerprint density at radius 1 is 1.06 bits per heavy atom. The number of piperidine rings is 1. The van der Waals surface area contributed by atoms with Gasteiger partial charge in [0.15, 0.2) is 0 Å². The summed E-state index contributed by atoms with van der Waals surface area (Å²) in [6.07, 6.45) is 4.13. The molecule has 0 saturated carbocycles. The van der Waals surface area contributed by atoms with Gasteiger partial charge < -0.3 is 14.8 Å². The molecular weight excluding hydrogens is 435 g/mol. The van der Waals surface area contributed by atoms with Gasteiger partial charge in [0, 0.05) is 51.0 Å². The van der Waals surface area contributed by atoms with Crippen molar-refractivity contribution in [1.82, 2.24) is 13.8 Å². The summed E-state index contributed by atoms with van der Waals surface area (Å²) in [6.45, 7) is 1.79. The van der Waals surface area contributed by atoms with Crippen LogP contribution in [0.2, 0.25) is 0 Å². The van der Waals surface area contributed by atoms with Crippen molar-refractivity contribution in [2.45, 2.75) is 30.6 Å². The Kier molecular flexibility index (Phi) is 6.34. The molecule has 32 heavy (non-hydrogen) atoms. The van der Waals surface area contributed by atoms with Crippen LogP contribution >= 0.6 is 0 Å². The fraction of sp³-hybridized carbons (Fsp3) is 0.455. The molecule has 0 atom stereocenters. The van der Waals surface area contributed by atoms with E-state index in [2.05, 4.69) is 5.32 Å². The van der Waals surface area contributed by atoms with Gasteiger partial charge in [0.05, 0.1) is 0 Å². The van der Waals surface area contributed by atoms with E-state index in [0.717, 1.165) is 12.8 Å². The molecule has 10 heteroatoms. The molecule has 1 aromatic carbocycles. The lowest BCUT2D eigenvalue weighted by Crippen LogP contribution is -2.41. The molecule has 2 amide bonds. The molecule has 2 saturated heterocycles. The number of nitrogens with one attached hydrogen (secondary N) is 1. The van der Waals surface area contributed by atoms with E-state index in [-0.39, 0.29) is 35.7 Å². The number of hydrogen-bond acceptors (Lipinski definition) is 4. The van der Waals surface area contributed by atoms with Gasteiger partial charge in [-0.25, -0.2) is 12.8 Å². The van der Waals surface area contributed by atoms with E-state index in [0.29, 0.717) is 37.3 Å². The smallest absolute Gasteiger partial charge is 0.270 e. The average molecular weight is 463 g/mol. The third-order valence-corrected chi connectivity index (χ3v) is 8.01. The second-order valence-electron chi connectivity index (χ2n) is 8.35. The molecule has 1 N–H and O–H groups in total. The lowest BCUT2D eigenvalue weighted by atomic mass is 9.97. The molecule has 2 aliphatic rings. The zero-order chi connectivity index (χ0) is 22.9. The Bertz CT molecular complexity index is 1120. The molecule has 1 aromatic heterocycles. The maximum absolute atomic E-state index is 13.3.